The van der Waals surface area contributed by atoms with E-state index in [0.717, 1.165) is 10.7 Å². The van der Waals surface area contributed by atoms with E-state index in [-0.39, 0.29) is 0 Å². The Kier molecular flexibility index (Phi) is 3.72. The minimum Gasteiger partial charge on any atom is -0.337 e. The summed E-state index contributed by atoms with van der Waals surface area (Å²) >= 11 is 5.15. The highest BCUT2D eigenvalue weighted by Crippen LogP contribution is 2.16. The van der Waals surface area contributed by atoms with Crippen LogP contribution in [-0.2, 0) is 0 Å². The highest BCUT2D eigenvalue weighted by molar-refractivity contribution is 7.71. The zero-order valence-electron chi connectivity index (χ0n) is 8.58. The van der Waals surface area contributed by atoms with Crippen LogP contribution in [0.25, 0.3) is 0 Å². The van der Waals surface area contributed by atoms with E-state index in [0.29, 0.717) is 6.04 Å². The molecule has 0 saturated heterocycles. The number of hydrogen-bond acceptors (Lipinski definition) is 1. The summed E-state index contributed by atoms with van der Waals surface area (Å²) in [5, 5.41) is 0. The zero-order valence-corrected chi connectivity index (χ0v) is 9.40. The predicted octanol–water partition coefficient (Wildman–Crippen LogP) is 3.54. The van der Waals surface area contributed by atoms with Crippen molar-refractivity contribution in [3.8, 4) is 0 Å². The van der Waals surface area contributed by atoms with Gasteiger partial charge in [-0.3, -0.25) is 0 Å². The Labute approximate surface area is 85.0 Å². The van der Waals surface area contributed by atoms with Gasteiger partial charge >= 0.3 is 0 Å². The molecule has 0 radical (unpaired) electrons. The maximum Gasteiger partial charge on any atom is 0.177 e. The van der Waals surface area contributed by atoms with Crippen molar-refractivity contribution in [2.45, 2.75) is 39.7 Å². The van der Waals surface area contributed by atoms with Gasteiger partial charge in [-0.15, -0.1) is 0 Å². The van der Waals surface area contributed by atoms with E-state index in [9.17, 15) is 0 Å². The van der Waals surface area contributed by atoms with Crippen molar-refractivity contribution >= 4 is 12.2 Å². The van der Waals surface area contributed by atoms with E-state index < -0.39 is 0 Å². The van der Waals surface area contributed by atoms with Crippen LogP contribution in [0.3, 0.4) is 0 Å². The number of aromatic amines is 1. The predicted molar refractivity (Wildman–Crippen MR) is 58.4 cm³/mol. The maximum atomic E-state index is 5.15. The summed E-state index contributed by atoms with van der Waals surface area (Å²) in [7, 11) is 0. The standard InChI is InChI=1S/C10H18N2S/c1-8(2)4-5-9(3)12-7-6-11-10(12)13/h6-9H,4-5H2,1-3H3,(H,11,13). The molecule has 74 valence electrons. The second-order valence-electron chi connectivity index (χ2n) is 3.99. The van der Waals surface area contributed by atoms with Crippen molar-refractivity contribution in [2.75, 3.05) is 0 Å². The van der Waals surface area contributed by atoms with Crippen LogP contribution < -0.4 is 0 Å². The van der Waals surface area contributed by atoms with Crippen LogP contribution in [0.5, 0.6) is 0 Å². The van der Waals surface area contributed by atoms with Crippen LogP contribution in [0, 0.1) is 10.7 Å². The third kappa shape index (κ3) is 2.99. The minimum atomic E-state index is 0.515. The van der Waals surface area contributed by atoms with Crippen molar-refractivity contribution in [3.63, 3.8) is 0 Å². The molecule has 1 rings (SSSR count). The van der Waals surface area contributed by atoms with Crippen LogP contribution in [0.1, 0.15) is 39.7 Å². The number of imidazole rings is 1. The molecular weight excluding hydrogens is 180 g/mol. The molecule has 1 heterocycles. The van der Waals surface area contributed by atoms with Crippen LogP contribution in [0.4, 0.5) is 0 Å². The normalized spacial score (nSPS) is 13.5. The van der Waals surface area contributed by atoms with Crippen LogP contribution in [0.15, 0.2) is 12.4 Å². The zero-order chi connectivity index (χ0) is 9.84. The molecule has 1 aromatic rings. The highest BCUT2D eigenvalue weighted by Gasteiger charge is 2.05. The van der Waals surface area contributed by atoms with E-state index in [4.69, 9.17) is 12.2 Å². The van der Waals surface area contributed by atoms with Gasteiger partial charge in [0.2, 0.25) is 0 Å². The number of rotatable bonds is 4. The molecule has 2 nitrogen and oxygen atoms in total. The molecule has 1 aromatic heterocycles. The van der Waals surface area contributed by atoms with Crippen molar-refractivity contribution in [1.82, 2.24) is 9.55 Å². The summed E-state index contributed by atoms with van der Waals surface area (Å²) < 4.78 is 2.95. The van der Waals surface area contributed by atoms with Gasteiger partial charge in [0.15, 0.2) is 4.77 Å². The average Bonchev–Trinajstić information content (AvgIpc) is 2.47. The lowest BCUT2D eigenvalue weighted by molar-refractivity contribution is 0.436. The Bertz CT molecular complexity index is 298. The first-order chi connectivity index (χ1) is 6.11. The van der Waals surface area contributed by atoms with Crippen molar-refractivity contribution in [2.24, 2.45) is 5.92 Å². The Morgan fingerprint density at radius 2 is 2.08 bits per heavy atom. The van der Waals surface area contributed by atoms with Crippen LogP contribution in [0.2, 0.25) is 0 Å². The Morgan fingerprint density at radius 3 is 2.54 bits per heavy atom. The minimum absolute atomic E-state index is 0.515. The lowest BCUT2D eigenvalue weighted by Crippen LogP contribution is -2.05. The van der Waals surface area contributed by atoms with E-state index in [1.807, 2.05) is 12.4 Å². The molecule has 0 amide bonds. The topological polar surface area (TPSA) is 20.7 Å². The van der Waals surface area contributed by atoms with E-state index in [2.05, 4.69) is 30.3 Å². The van der Waals surface area contributed by atoms with E-state index >= 15 is 0 Å². The molecule has 1 N–H and O–H groups in total. The first kappa shape index (κ1) is 10.5. The molecule has 3 heteroatoms. The Balaban J connectivity index is 2.54. The number of nitrogens with one attached hydrogen (secondary N) is 1. The van der Waals surface area contributed by atoms with Gasteiger partial charge in [-0.25, -0.2) is 0 Å². The number of aromatic nitrogens is 2. The second-order valence-corrected chi connectivity index (χ2v) is 4.38. The summed E-state index contributed by atoms with van der Waals surface area (Å²) in [6.07, 6.45) is 6.37. The molecule has 1 atom stereocenters. The third-order valence-corrected chi connectivity index (χ3v) is 2.64. The average molecular weight is 198 g/mol. The fourth-order valence-corrected chi connectivity index (χ4v) is 1.70. The molecular formula is C10H18N2S. The highest BCUT2D eigenvalue weighted by atomic mass is 32.1. The second kappa shape index (κ2) is 4.61. The van der Waals surface area contributed by atoms with Gasteiger partial charge in [0.1, 0.15) is 0 Å². The molecule has 0 bridgehead atoms. The maximum absolute atomic E-state index is 5.15. The smallest absolute Gasteiger partial charge is 0.177 e. The largest absolute Gasteiger partial charge is 0.337 e. The third-order valence-electron chi connectivity index (χ3n) is 2.31. The number of H-pyrrole nitrogens is 1. The molecule has 0 aliphatic heterocycles. The molecule has 0 aromatic carbocycles. The Morgan fingerprint density at radius 1 is 1.38 bits per heavy atom. The molecule has 1 unspecified atom stereocenters. The SMILES string of the molecule is CC(C)CCC(C)n1cc[nH]c1=S. The lowest BCUT2D eigenvalue weighted by atomic mass is 10.0. The first-order valence-corrected chi connectivity index (χ1v) is 5.27. The summed E-state index contributed by atoms with van der Waals surface area (Å²) in [4.78, 5) is 3.01. The lowest BCUT2D eigenvalue weighted by Gasteiger charge is -2.14. The van der Waals surface area contributed by atoms with Gasteiger partial charge in [-0.2, -0.15) is 0 Å². The van der Waals surface area contributed by atoms with Crippen LogP contribution in [-0.4, -0.2) is 9.55 Å². The van der Waals surface area contributed by atoms with Crippen molar-refractivity contribution in [1.29, 1.82) is 0 Å². The van der Waals surface area contributed by atoms with Gasteiger partial charge < -0.3 is 9.55 Å². The van der Waals surface area contributed by atoms with Gasteiger partial charge in [0.05, 0.1) is 0 Å². The van der Waals surface area contributed by atoms with Gasteiger partial charge in [0, 0.05) is 18.4 Å². The quantitative estimate of drug-likeness (QED) is 0.734. The number of hydrogen-bond donors (Lipinski definition) is 1. The Hall–Kier alpha value is -0.570. The summed E-state index contributed by atoms with van der Waals surface area (Å²) in [5.74, 6) is 0.774. The van der Waals surface area contributed by atoms with Gasteiger partial charge in [-0.1, -0.05) is 13.8 Å². The van der Waals surface area contributed by atoms with Crippen LogP contribution >= 0.6 is 12.2 Å². The molecule has 0 saturated carbocycles. The number of nitrogens with zero attached hydrogens (tertiary/aromatic N) is 1. The summed E-state index contributed by atoms with van der Waals surface area (Å²) in [5.41, 5.74) is 0. The van der Waals surface area contributed by atoms with E-state index in [1.165, 1.54) is 12.8 Å². The first-order valence-electron chi connectivity index (χ1n) is 4.86. The van der Waals surface area contributed by atoms with Gasteiger partial charge in [-0.05, 0) is 37.9 Å². The molecule has 0 fully saturated rings. The molecule has 13 heavy (non-hydrogen) atoms. The van der Waals surface area contributed by atoms with Crippen molar-refractivity contribution < 1.29 is 0 Å². The van der Waals surface area contributed by atoms with Crippen molar-refractivity contribution in [3.05, 3.63) is 17.2 Å². The summed E-state index contributed by atoms with van der Waals surface area (Å²) in [6.45, 7) is 6.72. The van der Waals surface area contributed by atoms with Gasteiger partial charge in [0.25, 0.3) is 0 Å². The fraction of sp³-hybridized carbons (Fsp3) is 0.700. The molecule has 0 spiro atoms. The molecule has 0 aliphatic rings. The monoisotopic (exact) mass is 198 g/mol. The van der Waals surface area contributed by atoms with E-state index in [1.54, 1.807) is 0 Å². The fourth-order valence-electron chi connectivity index (χ4n) is 1.39. The summed E-state index contributed by atoms with van der Waals surface area (Å²) in [6, 6.07) is 0.515. The molecule has 0 aliphatic carbocycles.